The highest BCUT2D eigenvalue weighted by Gasteiger charge is 2.30. The van der Waals surface area contributed by atoms with Crippen molar-refractivity contribution in [1.29, 1.82) is 0 Å². The van der Waals surface area contributed by atoms with E-state index in [1.165, 1.54) is 167 Å². The molecule has 0 radical (unpaired) electrons. The first-order chi connectivity index (χ1) is 43.8. The molecule has 0 saturated heterocycles. The number of esters is 4. The van der Waals surface area contributed by atoms with Crippen LogP contribution >= 0.6 is 15.6 Å². The number of ether oxygens (including phenoxy) is 4. The van der Waals surface area contributed by atoms with Crippen LogP contribution in [0, 0.1) is 17.8 Å². The van der Waals surface area contributed by atoms with Crippen LogP contribution in [-0.2, 0) is 65.4 Å². The summed E-state index contributed by atoms with van der Waals surface area (Å²) in [6.07, 6.45) is 47.7. The number of carbonyl (C=O) groups is 4. The summed E-state index contributed by atoms with van der Waals surface area (Å²) in [7, 11) is -9.89. The maximum Gasteiger partial charge on any atom is 0.472 e. The Balaban J connectivity index is 5.14. The fraction of sp³-hybridized carbons (Fsp3) is 0.944. The van der Waals surface area contributed by atoms with Crippen LogP contribution in [0.5, 0.6) is 0 Å². The molecule has 0 amide bonds. The zero-order valence-electron chi connectivity index (χ0n) is 59.3. The van der Waals surface area contributed by atoms with E-state index in [-0.39, 0.29) is 25.7 Å². The third-order valence-corrected chi connectivity index (χ3v) is 18.9. The van der Waals surface area contributed by atoms with Crippen LogP contribution in [0.3, 0.4) is 0 Å². The molecule has 0 heterocycles. The lowest BCUT2D eigenvalue weighted by molar-refractivity contribution is -0.161. The molecule has 0 spiro atoms. The fourth-order valence-electron chi connectivity index (χ4n) is 10.9. The Bertz CT molecular complexity index is 1790. The van der Waals surface area contributed by atoms with Crippen LogP contribution in [0.25, 0.3) is 0 Å². The van der Waals surface area contributed by atoms with E-state index in [9.17, 15) is 43.2 Å². The molecule has 0 fully saturated rings. The Morgan fingerprint density at radius 3 is 0.835 bits per heavy atom. The van der Waals surface area contributed by atoms with Crippen LogP contribution in [-0.4, -0.2) is 96.7 Å². The second kappa shape index (κ2) is 62.8. The molecule has 0 saturated carbocycles. The lowest BCUT2D eigenvalue weighted by atomic mass is 10.00. The number of phosphoric acid groups is 2. The van der Waals surface area contributed by atoms with Crippen molar-refractivity contribution < 1.29 is 80.2 Å². The summed E-state index contributed by atoms with van der Waals surface area (Å²) in [4.78, 5) is 72.3. The predicted molar refractivity (Wildman–Crippen MR) is 368 cm³/mol. The molecule has 19 heteroatoms. The highest BCUT2D eigenvalue weighted by atomic mass is 31.2. The first-order valence-electron chi connectivity index (χ1n) is 37.4. The van der Waals surface area contributed by atoms with Crippen LogP contribution < -0.4 is 0 Å². The number of hydrogen-bond acceptors (Lipinski definition) is 15. The molecule has 6 atom stereocenters. The van der Waals surface area contributed by atoms with Crippen molar-refractivity contribution in [1.82, 2.24) is 0 Å². The van der Waals surface area contributed by atoms with Crippen molar-refractivity contribution in [3.8, 4) is 0 Å². The fourth-order valence-corrected chi connectivity index (χ4v) is 12.4. The zero-order chi connectivity index (χ0) is 67.3. The molecule has 3 N–H and O–H groups in total. The third-order valence-electron chi connectivity index (χ3n) is 17.0. The van der Waals surface area contributed by atoms with Gasteiger partial charge in [-0.25, -0.2) is 9.13 Å². The first kappa shape index (κ1) is 89.1. The largest absolute Gasteiger partial charge is 0.472 e. The summed E-state index contributed by atoms with van der Waals surface area (Å²) < 4.78 is 68.1. The number of rotatable bonds is 70. The van der Waals surface area contributed by atoms with Gasteiger partial charge in [-0.15, -0.1) is 0 Å². The van der Waals surface area contributed by atoms with Crippen molar-refractivity contribution in [2.45, 2.75) is 381 Å². The highest BCUT2D eigenvalue weighted by Crippen LogP contribution is 2.45. The maximum absolute atomic E-state index is 13.0. The molecule has 0 aromatic rings. The Kier molecular flexibility index (Phi) is 61.5. The number of unbranched alkanes of at least 4 members (excludes halogenated alkanes) is 37. The van der Waals surface area contributed by atoms with Crippen LogP contribution in [0.4, 0.5) is 0 Å². The molecule has 0 aromatic heterocycles. The molecule has 0 aromatic carbocycles. The van der Waals surface area contributed by atoms with E-state index in [2.05, 4.69) is 48.5 Å². The molecule has 0 aliphatic heterocycles. The summed E-state index contributed by atoms with van der Waals surface area (Å²) in [6.45, 7) is 11.8. The highest BCUT2D eigenvalue weighted by molar-refractivity contribution is 7.47. The van der Waals surface area contributed by atoms with Gasteiger partial charge in [0, 0.05) is 25.7 Å². The summed E-state index contributed by atoms with van der Waals surface area (Å²) >= 11 is 0. The van der Waals surface area contributed by atoms with Gasteiger partial charge in [0.15, 0.2) is 12.2 Å². The van der Waals surface area contributed by atoms with Gasteiger partial charge in [-0.1, -0.05) is 312 Å². The summed E-state index contributed by atoms with van der Waals surface area (Å²) in [5.41, 5.74) is 0. The van der Waals surface area contributed by atoms with E-state index < -0.39 is 97.5 Å². The van der Waals surface area contributed by atoms with Crippen molar-refractivity contribution in [2.75, 3.05) is 39.6 Å². The smallest absolute Gasteiger partial charge is 0.462 e. The van der Waals surface area contributed by atoms with E-state index in [4.69, 9.17) is 37.0 Å². The molecule has 0 rings (SSSR count). The molecule has 91 heavy (non-hydrogen) atoms. The van der Waals surface area contributed by atoms with E-state index >= 15 is 0 Å². The van der Waals surface area contributed by atoms with Crippen molar-refractivity contribution in [2.24, 2.45) is 17.8 Å². The van der Waals surface area contributed by atoms with E-state index in [1.807, 2.05) is 0 Å². The molecular weight excluding hydrogens is 1200 g/mol. The summed E-state index contributed by atoms with van der Waals surface area (Å²) in [6, 6.07) is 0. The monoisotopic (exact) mass is 1340 g/mol. The SMILES string of the molecule is CCCCCCCC(=O)OC[C@H](COP(=O)(O)OC[C@H](O)COP(=O)(O)OC[C@@H](COC(=O)CCCCCCCCCCCCCCCCCC(C)C)OC(=O)CCCCCCCCCCCCCCCCCC(C)C)OC(=O)CCCCCCCCC(C)CC. The molecule has 17 nitrogen and oxygen atoms in total. The number of aliphatic hydroxyl groups is 1. The van der Waals surface area contributed by atoms with Gasteiger partial charge >= 0.3 is 39.5 Å². The first-order valence-corrected chi connectivity index (χ1v) is 40.4. The van der Waals surface area contributed by atoms with Gasteiger partial charge in [-0.05, 0) is 43.4 Å². The lowest BCUT2D eigenvalue weighted by Gasteiger charge is -2.21. The average molecular weight is 1340 g/mol. The van der Waals surface area contributed by atoms with Gasteiger partial charge in [0.2, 0.25) is 0 Å². The number of aliphatic hydroxyl groups excluding tert-OH is 1. The van der Waals surface area contributed by atoms with Gasteiger partial charge < -0.3 is 33.8 Å². The zero-order valence-corrected chi connectivity index (χ0v) is 61.1. The van der Waals surface area contributed by atoms with E-state index in [0.29, 0.717) is 25.7 Å². The second-order valence-electron chi connectivity index (χ2n) is 27.2. The second-order valence-corrected chi connectivity index (χ2v) is 30.1. The Labute approximate surface area is 556 Å². The molecule has 3 unspecified atom stereocenters. The minimum absolute atomic E-state index is 0.102. The van der Waals surface area contributed by atoms with Crippen LogP contribution in [0.1, 0.15) is 363 Å². The minimum atomic E-state index is -4.95. The molecular formula is C72H140O17P2. The molecule has 540 valence electrons. The van der Waals surface area contributed by atoms with Gasteiger partial charge in [-0.2, -0.15) is 0 Å². The minimum Gasteiger partial charge on any atom is -0.462 e. The predicted octanol–water partition coefficient (Wildman–Crippen LogP) is 20.6. The van der Waals surface area contributed by atoms with Crippen LogP contribution in [0.15, 0.2) is 0 Å². The van der Waals surface area contributed by atoms with Gasteiger partial charge in [0.1, 0.15) is 19.3 Å². The van der Waals surface area contributed by atoms with Crippen LogP contribution in [0.2, 0.25) is 0 Å². The normalized spacial score (nSPS) is 14.5. The maximum atomic E-state index is 13.0. The Morgan fingerprint density at radius 2 is 0.560 bits per heavy atom. The lowest BCUT2D eigenvalue weighted by Crippen LogP contribution is -2.30. The van der Waals surface area contributed by atoms with E-state index in [1.54, 1.807) is 0 Å². The number of phosphoric ester groups is 2. The summed E-state index contributed by atoms with van der Waals surface area (Å²) in [5, 5.41) is 10.6. The standard InChI is InChI=1S/C72H140O17P2/c1-8-10-11-36-46-53-69(74)82-59-67(89-72(77)56-49-42-35-34-39-45-52-65(7)9-2)61-86-90(78,79)84-57-66(73)58-85-91(80,81)87-62-68(88-71(76)55-48-41-33-29-25-21-17-13-15-19-23-27-31-38-44-51-64(5)6)60-83-70(75)54-47-40-32-28-24-20-16-12-14-18-22-26-30-37-43-50-63(3)4/h63-68,73H,8-62H2,1-7H3,(H,78,79)(H,80,81)/t65?,66-,67+,68+/m0/s1. The van der Waals surface area contributed by atoms with Crippen molar-refractivity contribution in [3.05, 3.63) is 0 Å². The third kappa shape index (κ3) is 65.1. The molecule has 0 bridgehead atoms. The van der Waals surface area contributed by atoms with Gasteiger partial charge in [-0.3, -0.25) is 37.3 Å². The number of carbonyl (C=O) groups excluding carboxylic acids is 4. The van der Waals surface area contributed by atoms with E-state index in [0.717, 1.165) is 114 Å². The van der Waals surface area contributed by atoms with Crippen molar-refractivity contribution >= 4 is 39.5 Å². The summed E-state index contributed by atoms with van der Waals surface area (Å²) in [5.74, 6) is 0.192. The Morgan fingerprint density at radius 1 is 0.319 bits per heavy atom. The quantitative estimate of drug-likeness (QED) is 0.0222. The van der Waals surface area contributed by atoms with Gasteiger partial charge in [0.25, 0.3) is 0 Å². The molecule has 0 aliphatic rings. The van der Waals surface area contributed by atoms with Gasteiger partial charge in [0.05, 0.1) is 26.4 Å². The average Bonchev–Trinajstić information content (AvgIpc) is 3.71. The molecule has 0 aliphatic carbocycles. The topological polar surface area (TPSA) is 237 Å². The van der Waals surface area contributed by atoms with Crippen molar-refractivity contribution in [3.63, 3.8) is 0 Å². The Hall–Kier alpha value is -1.94. The number of hydrogen-bond donors (Lipinski definition) is 3.